The van der Waals surface area contributed by atoms with E-state index in [2.05, 4.69) is 9.97 Å². The maximum Gasteiger partial charge on any atom is 0.140 e. The molecule has 0 atom stereocenters. The van der Waals surface area contributed by atoms with Crippen molar-refractivity contribution in [2.75, 3.05) is 0 Å². The number of aliphatic hydroxyl groups is 1. The number of aromatic nitrogens is 2. The lowest BCUT2D eigenvalue weighted by Gasteiger charge is -2.03. The molecule has 0 saturated carbocycles. The molecule has 0 aliphatic heterocycles. The van der Waals surface area contributed by atoms with Crippen LogP contribution in [0.3, 0.4) is 0 Å². The fourth-order valence-corrected chi connectivity index (χ4v) is 1.50. The molecule has 1 aromatic carbocycles. The lowest BCUT2D eigenvalue weighted by molar-refractivity contribution is 0.277. The monoisotopic (exact) mass is 206 g/mol. The number of hydrogen-bond donors (Lipinski definition) is 2. The van der Waals surface area contributed by atoms with E-state index in [0.717, 1.165) is 5.56 Å². The first-order valence-electron chi connectivity index (χ1n) is 4.62. The molecule has 0 bridgehead atoms. The molecule has 0 aliphatic carbocycles. The van der Waals surface area contributed by atoms with Crippen LogP contribution in [0.2, 0.25) is 0 Å². The highest BCUT2D eigenvalue weighted by molar-refractivity contribution is 5.60. The minimum absolute atomic E-state index is 0.125. The molecule has 2 aromatic rings. The predicted molar refractivity (Wildman–Crippen MR) is 54.6 cm³/mol. The number of halogens is 1. The van der Waals surface area contributed by atoms with Crippen molar-refractivity contribution in [3.63, 3.8) is 0 Å². The molecule has 1 heterocycles. The zero-order valence-electron chi connectivity index (χ0n) is 8.29. The Labute approximate surface area is 86.6 Å². The third-order valence-electron chi connectivity index (χ3n) is 2.26. The molecular formula is C11H11FN2O. The summed E-state index contributed by atoms with van der Waals surface area (Å²) in [6.07, 6.45) is 1.50. The summed E-state index contributed by atoms with van der Waals surface area (Å²) in [5.74, 6) is 0.142. The number of rotatable bonds is 2. The van der Waals surface area contributed by atoms with Crippen LogP contribution in [0.25, 0.3) is 11.4 Å². The first-order valence-corrected chi connectivity index (χ1v) is 4.62. The van der Waals surface area contributed by atoms with Gasteiger partial charge in [-0.15, -0.1) is 0 Å². The summed E-state index contributed by atoms with van der Waals surface area (Å²) in [4.78, 5) is 6.88. The molecular weight excluding hydrogens is 195 g/mol. The Morgan fingerprint density at radius 1 is 1.47 bits per heavy atom. The summed E-state index contributed by atoms with van der Waals surface area (Å²) in [5.41, 5.74) is 1.85. The summed E-state index contributed by atoms with van der Waals surface area (Å²) >= 11 is 0. The van der Waals surface area contributed by atoms with E-state index in [4.69, 9.17) is 5.11 Å². The number of benzene rings is 1. The number of aromatic amines is 1. The molecule has 0 amide bonds. The highest BCUT2D eigenvalue weighted by Crippen LogP contribution is 2.23. The summed E-state index contributed by atoms with van der Waals surface area (Å²) in [7, 11) is 0. The van der Waals surface area contributed by atoms with Gasteiger partial charge in [0, 0.05) is 0 Å². The Morgan fingerprint density at radius 2 is 2.27 bits per heavy atom. The zero-order chi connectivity index (χ0) is 10.8. The topological polar surface area (TPSA) is 48.9 Å². The average molecular weight is 206 g/mol. The summed E-state index contributed by atoms with van der Waals surface area (Å²) in [6.45, 7) is 1.69. The van der Waals surface area contributed by atoms with Gasteiger partial charge in [0.15, 0.2) is 0 Å². The van der Waals surface area contributed by atoms with Gasteiger partial charge in [-0.1, -0.05) is 12.1 Å². The molecule has 15 heavy (non-hydrogen) atoms. The molecule has 0 radical (unpaired) electrons. The number of hydrogen-bond acceptors (Lipinski definition) is 2. The molecule has 1 aromatic heterocycles. The third-order valence-corrected chi connectivity index (χ3v) is 2.26. The third kappa shape index (κ3) is 1.76. The Balaban J connectivity index is 2.53. The van der Waals surface area contributed by atoms with E-state index in [-0.39, 0.29) is 12.4 Å². The Kier molecular flexibility index (Phi) is 2.51. The smallest absolute Gasteiger partial charge is 0.140 e. The molecule has 4 heteroatoms. The molecule has 2 N–H and O–H groups in total. The van der Waals surface area contributed by atoms with E-state index in [9.17, 15) is 4.39 Å². The van der Waals surface area contributed by atoms with Gasteiger partial charge < -0.3 is 10.1 Å². The maximum atomic E-state index is 13.5. The van der Waals surface area contributed by atoms with E-state index >= 15 is 0 Å². The van der Waals surface area contributed by atoms with Gasteiger partial charge in [-0.3, -0.25) is 0 Å². The van der Waals surface area contributed by atoms with Crippen molar-refractivity contribution < 1.29 is 9.50 Å². The zero-order valence-corrected chi connectivity index (χ0v) is 8.29. The molecule has 0 aliphatic rings. The van der Waals surface area contributed by atoms with Crippen molar-refractivity contribution in [3.05, 3.63) is 41.5 Å². The number of nitrogens with zero attached hydrogens (tertiary/aromatic N) is 1. The second-order valence-corrected chi connectivity index (χ2v) is 3.35. The quantitative estimate of drug-likeness (QED) is 0.789. The minimum atomic E-state index is -0.311. The van der Waals surface area contributed by atoms with Crippen LogP contribution in [0.4, 0.5) is 4.39 Å². The lowest BCUT2D eigenvalue weighted by atomic mass is 10.1. The van der Waals surface area contributed by atoms with E-state index in [0.29, 0.717) is 17.1 Å². The first kappa shape index (κ1) is 9.86. The molecule has 78 valence electrons. The van der Waals surface area contributed by atoms with Crippen molar-refractivity contribution >= 4 is 0 Å². The fourth-order valence-electron chi connectivity index (χ4n) is 1.50. The normalized spacial score (nSPS) is 10.6. The number of nitrogens with one attached hydrogen (secondary N) is 1. The van der Waals surface area contributed by atoms with Crippen LogP contribution in [0.5, 0.6) is 0 Å². The van der Waals surface area contributed by atoms with Gasteiger partial charge in [0.2, 0.25) is 0 Å². The van der Waals surface area contributed by atoms with E-state index in [1.807, 2.05) is 13.0 Å². The fraction of sp³-hybridized carbons (Fsp3) is 0.182. The van der Waals surface area contributed by atoms with Gasteiger partial charge in [-0.05, 0) is 18.6 Å². The van der Waals surface area contributed by atoms with Crippen molar-refractivity contribution in [2.24, 2.45) is 0 Å². The second-order valence-electron chi connectivity index (χ2n) is 3.35. The SMILES string of the molecule is Cc1cccc(F)c1-c1ncc(CO)[nH]1. The molecule has 0 saturated heterocycles. The van der Waals surface area contributed by atoms with Gasteiger partial charge in [0.1, 0.15) is 11.6 Å². The summed E-state index contributed by atoms with van der Waals surface area (Å²) < 4.78 is 13.5. The van der Waals surface area contributed by atoms with Gasteiger partial charge in [-0.25, -0.2) is 9.37 Å². The molecule has 3 nitrogen and oxygen atoms in total. The van der Waals surface area contributed by atoms with E-state index in [1.54, 1.807) is 6.07 Å². The Bertz CT molecular complexity index is 459. The lowest BCUT2D eigenvalue weighted by Crippen LogP contribution is -1.91. The van der Waals surface area contributed by atoms with Crippen LogP contribution in [-0.4, -0.2) is 15.1 Å². The van der Waals surface area contributed by atoms with E-state index in [1.165, 1.54) is 12.3 Å². The second kappa shape index (κ2) is 3.82. The van der Waals surface area contributed by atoms with Crippen LogP contribution < -0.4 is 0 Å². The first-order chi connectivity index (χ1) is 7.22. The number of imidazole rings is 1. The number of aliphatic hydroxyl groups excluding tert-OH is 1. The largest absolute Gasteiger partial charge is 0.390 e. The molecule has 0 unspecified atom stereocenters. The van der Waals surface area contributed by atoms with Gasteiger partial charge >= 0.3 is 0 Å². The molecule has 0 spiro atoms. The van der Waals surface area contributed by atoms with Crippen LogP contribution in [-0.2, 0) is 6.61 Å². The summed E-state index contributed by atoms with van der Waals surface area (Å²) in [6, 6.07) is 4.87. The maximum absolute atomic E-state index is 13.5. The summed E-state index contributed by atoms with van der Waals surface area (Å²) in [5, 5.41) is 8.87. The average Bonchev–Trinajstić information content (AvgIpc) is 2.66. The van der Waals surface area contributed by atoms with Crippen molar-refractivity contribution in [3.8, 4) is 11.4 Å². The van der Waals surface area contributed by atoms with E-state index < -0.39 is 0 Å². The molecule has 0 fully saturated rings. The van der Waals surface area contributed by atoms with Crippen molar-refractivity contribution in [1.82, 2.24) is 9.97 Å². The van der Waals surface area contributed by atoms with Crippen LogP contribution in [0, 0.1) is 12.7 Å². The van der Waals surface area contributed by atoms with Crippen molar-refractivity contribution in [1.29, 1.82) is 0 Å². The standard InChI is InChI=1S/C11H11FN2O/c1-7-3-2-4-9(12)10(7)11-13-5-8(6-15)14-11/h2-5,15H,6H2,1H3,(H,13,14). The van der Waals surface area contributed by atoms with Gasteiger partial charge in [0.25, 0.3) is 0 Å². The van der Waals surface area contributed by atoms with Crippen LogP contribution >= 0.6 is 0 Å². The van der Waals surface area contributed by atoms with Gasteiger partial charge in [-0.2, -0.15) is 0 Å². The number of aryl methyl sites for hydroxylation is 1. The van der Waals surface area contributed by atoms with Crippen molar-refractivity contribution in [2.45, 2.75) is 13.5 Å². The highest BCUT2D eigenvalue weighted by atomic mass is 19.1. The highest BCUT2D eigenvalue weighted by Gasteiger charge is 2.10. The van der Waals surface area contributed by atoms with Gasteiger partial charge in [0.05, 0.1) is 24.1 Å². The minimum Gasteiger partial charge on any atom is -0.390 e. The number of H-pyrrole nitrogens is 1. The van der Waals surface area contributed by atoms with Crippen LogP contribution in [0.1, 0.15) is 11.3 Å². The Hall–Kier alpha value is -1.68. The molecule has 2 rings (SSSR count). The Morgan fingerprint density at radius 3 is 2.87 bits per heavy atom. The predicted octanol–water partition coefficient (Wildman–Crippen LogP) is 2.02. The van der Waals surface area contributed by atoms with Crippen LogP contribution in [0.15, 0.2) is 24.4 Å².